The Hall–Kier alpha value is 0.150. The van der Waals surface area contributed by atoms with Crippen LogP contribution in [0.2, 0.25) is 0 Å². The van der Waals surface area contributed by atoms with E-state index >= 15 is 0 Å². The minimum atomic E-state index is -2.17. The average Bonchev–Trinajstić information content (AvgIpc) is 0.811. The summed E-state index contributed by atoms with van der Waals surface area (Å²) in [6.45, 7) is 0.833. The van der Waals surface area contributed by atoms with E-state index in [1.54, 1.807) is 0 Å². The van der Waals surface area contributed by atoms with Crippen LogP contribution >= 0.6 is 12.4 Å². The number of halogens is 3. The van der Waals surface area contributed by atoms with Crippen LogP contribution in [0.15, 0.2) is 0 Å². The first kappa shape index (κ1) is 8.94. The second-order valence-electron chi connectivity index (χ2n) is 0.519. The van der Waals surface area contributed by atoms with Crippen LogP contribution in [-0.2, 0) is 0 Å². The molecule has 0 aromatic carbocycles. The number of alkyl halides is 2. The zero-order valence-electron chi connectivity index (χ0n) is 2.74. The van der Waals surface area contributed by atoms with E-state index in [1.165, 1.54) is 0 Å². The zero-order valence-corrected chi connectivity index (χ0v) is 3.56. The van der Waals surface area contributed by atoms with E-state index in [0.29, 0.717) is 0 Å². The van der Waals surface area contributed by atoms with Crippen LogP contribution in [-0.4, -0.2) is 6.43 Å². The van der Waals surface area contributed by atoms with Gasteiger partial charge < -0.3 is 0 Å². The van der Waals surface area contributed by atoms with E-state index in [2.05, 4.69) is 0 Å². The van der Waals surface area contributed by atoms with Gasteiger partial charge >= 0.3 is 0 Å². The van der Waals surface area contributed by atoms with Crippen molar-refractivity contribution in [2.45, 2.75) is 13.3 Å². The summed E-state index contributed by atoms with van der Waals surface area (Å²) in [5.41, 5.74) is 0. The quantitative estimate of drug-likeness (QED) is 0.437. The van der Waals surface area contributed by atoms with Crippen molar-refractivity contribution in [3.05, 3.63) is 0 Å². The van der Waals surface area contributed by atoms with Gasteiger partial charge in [0.25, 0.3) is 0 Å². The lowest BCUT2D eigenvalue weighted by molar-refractivity contribution is 0.171. The third-order valence-electron chi connectivity index (χ3n) is 0. The molecule has 0 saturated carbocycles. The summed E-state index contributed by atoms with van der Waals surface area (Å²) in [5.74, 6) is 0. The fourth-order valence-electron chi connectivity index (χ4n) is 0. The molecular formula is C2H5ClF2. The van der Waals surface area contributed by atoms with Gasteiger partial charge in [-0.15, -0.1) is 12.4 Å². The molecule has 5 heavy (non-hydrogen) atoms. The molecule has 0 aliphatic heterocycles. The largest absolute Gasteiger partial charge is 0.235 e. The highest BCUT2D eigenvalue weighted by Crippen LogP contribution is 1.82. The molecule has 0 aromatic rings. The summed E-state index contributed by atoms with van der Waals surface area (Å²) in [5, 5.41) is 0. The molecule has 0 atom stereocenters. The number of rotatable bonds is 0. The van der Waals surface area contributed by atoms with Crippen molar-refractivity contribution >= 4 is 12.4 Å². The lowest BCUT2D eigenvalue weighted by Crippen LogP contribution is -1.69. The molecule has 3 heteroatoms. The maximum Gasteiger partial charge on any atom is 0.235 e. The summed E-state index contributed by atoms with van der Waals surface area (Å²) in [6, 6.07) is 0. The van der Waals surface area contributed by atoms with Crippen LogP contribution in [0.5, 0.6) is 0 Å². The predicted octanol–water partition coefficient (Wildman–Crippen LogP) is 1.69. The highest BCUT2D eigenvalue weighted by atomic mass is 35.5. The Kier molecular flexibility index (Phi) is 7.42. The first-order valence-corrected chi connectivity index (χ1v) is 1.01. The standard InChI is InChI=1S/C2H4F2.ClH/c1-2(3)4;/h2H,1H3;1H. The Labute approximate surface area is 35.6 Å². The molecule has 0 aliphatic carbocycles. The van der Waals surface area contributed by atoms with Crippen molar-refractivity contribution in [2.75, 3.05) is 0 Å². The molecule has 0 bridgehead atoms. The van der Waals surface area contributed by atoms with Gasteiger partial charge in [-0.25, -0.2) is 8.78 Å². The lowest BCUT2D eigenvalue weighted by Gasteiger charge is -1.70. The van der Waals surface area contributed by atoms with Gasteiger partial charge in [-0.1, -0.05) is 0 Å². The van der Waals surface area contributed by atoms with Crippen LogP contribution in [0.3, 0.4) is 0 Å². The van der Waals surface area contributed by atoms with E-state index in [4.69, 9.17) is 0 Å². The van der Waals surface area contributed by atoms with Gasteiger partial charge in [0.2, 0.25) is 6.43 Å². The molecule has 0 nitrogen and oxygen atoms in total. The van der Waals surface area contributed by atoms with E-state index in [1.807, 2.05) is 0 Å². The number of hydrogen-bond donors (Lipinski definition) is 0. The van der Waals surface area contributed by atoms with Crippen LogP contribution in [0.4, 0.5) is 8.78 Å². The maximum atomic E-state index is 10.3. The van der Waals surface area contributed by atoms with Gasteiger partial charge in [0.1, 0.15) is 0 Å². The summed E-state index contributed by atoms with van der Waals surface area (Å²) in [6.07, 6.45) is -2.17. The van der Waals surface area contributed by atoms with Crippen molar-refractivity contribution in [1.82, 2.24) is 0 Å². The normalized spacial score (nSPS) is 7.20. The Bertz CT molecular complexity index is 12.4. The van der Waals surface area contributed by atoms with Crippen LogP contribution in [0.25, 0.3) is 0 Å². The minimum Gasteiger partial charge on any atom is -0.211 e. The minimum absolute atomic E-state index is 0. The first-order chi connectivity index (χ1) is 1.73. The van der Waals surface area contributed by atoms with Crippen molar-refractivity contribution in [3.63, 3.8) is 0 Å². The fraction of sp³-hybridized carbons (Fsp3) is 1.00. The molecule has 0 heterocycles. The monoisotopic (exact) mass is 102 g/mol. The molecule has 0 spiro atoms. The molecule has 0 unspecified atom stereocenters. The highest BCUT2D eigenvalue weighted by Gasteiger charge is 1.79. The molecule has 34 valence electrons. The molecule has 0 amide bonds. The van der Waals surface area contributed by atoms with Crippen LogP contribution in [0.1, 0.15) is 6.92 Å². The molecule has 0 N–H and O–H groups in total. The van der Waals surface area contributed by atoms with E-state index in [-0.39, 0.29) is 12.4 Å². The van der Waals surface area contributed by atoms with Gasteiger partial charge in [0.15, 0.2) is 0 Å². The lowest BCUT2D eigenvalue weighted by atomic mass is 10.9. The average molecular weight is 103 g/mol. The Balaban J connectivity index is 0. The van der Waals surface area contributed by atoms with Gasteiger partial charge in [-0.3, -0.25) is 0 Å². The molecule has 0 rings (SSSR count). The highest BCUT2D eigenvalue weighted by molar-refractivity contribution is 5.85. The van der Waals surface area contributed by atoms with E-state index in [0.717, 1.165) is 6.92 Å². The summed E-state index contributed by atoms with van der Waals surface area (Å²) in [7, 11) is 0. The second-order valence-corrected chi connectivity index (χ2v) is 0.519. The molecule has 0 fully saturated rings. The van der Waals surface area contributed by atoms with Crippen molar-refractivity contribution in [3.8, 4) is 0 Å². The molecular weight excluding hydrogens is 97.5 g/mol. The number of hydrogen-bond acceptors (Lipinski definition) is 0. The molecule has 0 radical (unpaired) electrons. The Morgan fingerprint density at radius 1 is 1.40 bits per heavy atom. The predicted molar refractivity (Wildman–Crippen MR) is 18.9 cm³/mol. The smallest absolute Gasteiger partial charge is 0.211 e. The van der Waals surface area contributed by atoms with Gasteiger partial charge in [0.05, 0.1) is 0 Å². The van der Waals surface area contributed by atoms with Gasteiger partial charge in [-0.05, 0) is 6.92 Å². The van der Waals surface area contributed by atoms with Crippen LogP contribution < -0.4 is 0 Å². The van der Waals surface area contributed by atoms with E-state index in [9.17, 15) is 8.78 Å². The van der Waals surface area contributed by atoms with Gasteiger partial charge in [-0.2, -0.15) is 0 Å². The van der Waals surface area contributed by atoms with E-state index < -0.39 is 6.43 Å². The van der Waals surface area contributed by atoms with Gasteiger partial charge in [0, 0.05) is 0 Å². The summed E-state index contributed by atoms with van der Waals surface area (Å²) in [4.78, 5) is 0. The summed E-state index contributed by atoms with van der Waals surface area (Å²) < 4.78 is 20.7. The maximum absolute atomic E-state index is 10.3. The first-order valence-electron chi connectivity index (χ1n) is 1.01. The SMILES string of the molecule is CC(F)F.Cl. The molecule has 0 saturated heterocycles. The Morgan fingerprint density at radius 3 is 1.40 bits per heavy atom. The topological polar surface area (TPSA) is 0 Å². The molecule has 0 aromatic heterocycles. The van der Waals surface area contributed by atoms with Crippen molar-refractivity contribution in [2.24, 2.45) is 0 Å². The fourth-order valence-corrected chi connectivity index (χ4v) is 0. The van der Waals surface area contributed by atoms with Crippen LogP contribution in [0, 0.1) is 0 Å². The van der Waals surface area contributed by atoms with Crippen molar-refractivity contribution < 1.29 is 8.78 Å². The summed E-state index contributed by atoms with van der Waals surface area (Å²) >= 11 is 0. The van der Waals surface area contributed by atoms with Crippen molar-refractivity contribution in [1.29, 1.82) is 0 Å². The third kappa shape index (κ3) is 853. The molecule has 0 aliphatic rings. The Morgan fingerprint density at radius 2 is 1.40 bits per heavy atom. The third-order valence-corrected chi connectivity index (χ3v) is 0. The zero-order chi connectivity index (χ0) is 3.58. The second kappa shape index (κ2) is 4.15.